The van der Waals surface area contributed by atoms with Gasteiger partial charge in [0.1, 0.15) is 5.69 Å². The van der Waals surface area contributed by atoms with Gasteiger partial charge in [-0.1, -0.05) is 48.5 Å². The molecule has 5 aromatic rings. The minimum atomic E-state index is -0.207. The average Bonchev–Trinajstić information content (AvgIpc) is 3.44. The summed E-state index contributed by atoms with van der Waals surface area (Å²) in [4.78, 5) is 18.2. The van der Waals surface area contributed by atoms with E-state index >= 15 is 0 Å². The van der Waals surface area contributed by atoms with Gasteiger partial charge in [-0.05, 0) is 48.7 Å². The SMILES string of the molecule is Cc1nn(C)c2nc(-c3ccco3)cc(C(=O)Nc3ccccc3Cc3ccccc3)c12. The Kier molecular flexibility index (Phi) is 5.03. The predicted octanol–water partition coefficient (Wildman–Crippen LogP) is 5.38. The predicted molar refractivity (Wildman–Crippen MR) is 125 cm³/mol. The number of aryl methyl sites for hydroxylation is 2. The summed E-state index contributed by atoms with van der Waals surface area (Å²) in [6.45, 7) is 1.89. The van der Waals surface area contributed by atoms with Crippen LogP contribution >= 0.6 is 0 Å². The Morgan fingerprint density at radius 1 is 1.03 bits per heavy atom. The highest BCUT2D eigenvalue weighted by molar-refractivity contribution is 6.13. The minimum absolute atomic E-state index is 0.207. The van der Waals surface area contributed by atoms with E-state index in [1.807, 2.05) is 62.5 Å². The van der Waals surface area contributed by atoms with Crippen molar-refractivity contribution in [2.24, 2.45) is 7.05 Å². The molecule has 1 N–H and O–H groups in total. The number of nitrogens with zero attached hydrogens (tertiary/aromatic N) is 3. The largest absolute Gasteiger partial charge is 0.463 e. The van der Waals surface area contributed by atoms with Crippen molar-refractivity contribution < 1.29 is 9.21 Å². The van der Waals surface area contributed by atoms with Crippen molar-refractivity contribution in [1.82, 2.24) is 14.8 Å². The van der Waals surface area contributed by atoms with Gasteiger partial charge in [0.05, 0.1) is 22.9 Å². The first-order valence-corrected chi connectivity index (χ1v) is 10.4. The molecule has 6 heteroatoms. The highest BCUT2D eigenvalue weighted by atomic mass is 16.3. The lowest BCUT2D eigenvalue weighted by Gasteiger charge is -2.12. The molecule has 2 aromatic carbocycles. The molecule has 0 atom stereocenters. The van der Waals surface area contributed by atoms with Crippen molar-refractivity contribution in [1.29, 1.82) is 0 Å². The van der Waals surface area contributed by atoms with Crippen molar-refractivity contribution in [3.63, 3.8) is 0 Å². The molecule has 5 rings (SSSR count). The maximum Gasteiger partial charge on any atom is 0.256 e. The number of furan rings is 1. The van der Waals surface area contributed by atoms with Gasteiger partial charge in [0.25, 0.3) is 5.91 Å². The van der Waals surface area contributed by atoms with Gasteiger partial charge in [-0.15, -0.1) is 0 Å². The van der Waals surface area contributed by atoms with Gasteiger partial charge in [0, 0.05) is 12.7 Å². The maximum absolute atomic E-state index is 13.5. The van der Waals surface area contributed by atoms with Crippen LogP contribution in [0.2, 0.25) is 0 Å². The molecule has 32 heavy (non-hydrogen) atoms. The molecular formula is C26H22N4O2. The van der Waals surface area contributed by atoms with Gasteiger partial charge in [-0.2, -0.15) is 5.10 Å². The summed E-state index contributed by atoms with van der Waals surface area (Å²) >= 11 is 0. The second-order valence-electron chi connectivity index (χ2n) is 7.71. The van der Waals surface area contributed by atoms with E-state index in [-0.39, 0.29) is 5.91 Å². The Morgan fingerprint density at radius 2 is 1.81 bits per heavy atom. The van der Waals surface area contributed by atoms with Gasteiger partial charge < -0.3 is 9.73 Å². The van der Waals surface area contributed by atoms with Crippen molar-refractivity contribution >= 4 is 22.6 Å². The van der Waals surface area contributed by atoms with Gasteiger partial charge in [-0.3, -0.25) is 9.48 Å². The fourth-order valence-electron chi connectivity index (χ4n) is 3.98. The molecule has 0 unspecified atom stereocenters. The number of hydrogen-bond donors (Lipinski definition) is 1. The van der Waals surface area contributed by atoms with Crippen LogP contribution in [0.15, 0.2) is 83.5 Å². The Morgan fingerprint density at radius 3 is 2.59 bits per heavy atom. The number of fused-ring (bicyclic) bond motifs is 1. The summed E-state index contributed by atoms with van der Waals surface area (Å²) in [6.07, 6.45) is 2.32. The maximum atomic E-state index is 13.5. The van der Waals surface area contributed by atoms with Crippen LogP contribution in [0.25, 0.3) is 22.5 Å². The van der Waals surface area contributed by atoms with Gasteiger partial charge in [0.2, 0.25) is 0 Å². The molecule has 6 nitrogen and oxygen atoms in total. The van der Waals surface area contributed by atoms with E-state index in [0.29, 0.717) is 22.7 Å². The number of pyridine rings is 1. The first kappa shape index (κ1) is 19.8. The molecule has 0 saturated heterocycles. The summed E-state index contributed by atoms with van der Waals surface area (Å²) in [5, 5.41) is 8.33. The zero-order valence-corrected chi connectivity index (χ0v) is 17.9. The molecule has 158 valence electrons. The first-order valence-electron chi connectivity index (χ1n) is 10.4. The second-order valence-corrected chi connectivity index (χ2v) is 7.71. The van der Waals surface area contributed by atoms with E-state index in [4.69, 9.17) is 4.42 Å². The summed E-state index contributed by atoms with van der Waals surface area (Å²) in [5.41, 5.74) is 5.51. The lowest BCUT2D eigenvalue weighted by molar-refractivity contribution is 0.102. The third-order valence-corrected chi connectivity index (χ3v) is 5.49. The standard InChI is InChI=1S/C26H22N4O2/c1-17-24-20(16-22(23-13-8-14-32-23)27-25(24)30(2)29-17)26(31)28-21-12-7-6-11-19(21)15-18-9-4-3-5-10-18/h3-14,16H,15H2,1-2H3,(H,28,31). The molecule has 1 amide bonds. The van der Waals surface area contributed by atoms with Crippen molar-refractivity contribution in [2.75, 3.05) is 5.32 Å². The molecule has 0 saturated carbocycles. The molecule has 0 fully saturated rings. The number of anilines is 1. The van der Waals surface area contributed by atoms with E-state index in [9.17, 15) is 4.79 Å². The average molecular weight is 422 g/mol. The topological polar surface area (TPSA) is 73.0 Å². The Labute approximate surface area is 185 Å². The highest BCUT2D eigenvalue weighted by Gasteiger charge is 2.20. The fraction of sp³-hybridized carbons (Fsp3) is 0.115. The number of para-hydroxylation sites is 1. The number of hydrogen-bond acceptors (Lipinski definition) is 4. The number of nitrogens with one attached hydrogen (secondary N) is 1. The third-order valence-electron chi connectivity index (χ3n) is 5.49. The van der Waals surface area contributed by atoms with Crippen LogP contribution in [0.5, 0.6) is 0 Å². The van der Waals surface area contributed by atoms with E-state index < -0.39 is 0 Å². The van der Waals surface area contributed by atoms with Crippen molar-refractivity contribution in [3.05, 3.63) is 101 Å². The third kappa shape index (κ3) is 3.67. The zero-order chi connectivity index (χ0) is 22.1. The Balaban J connectivity index is 1.55. The smallest absolute Gasteiger partial charge is 0.256 e. The van der Waals surface area contributed by atoms with Crippen molar-refractivity contribution in [3.8, 4) is 11.5 Å². The number of carbonyl (C=O) groups excluding carboxylic acids is 1. The summed E-state index contributed by atoms with van der Waals surface area (Å²) < 4.78 is 7.22. The normalized spacial score (nSPS) is 11.1. The monoisotopic (exact) mass is 422 g/mol. The molecule has 0 aliphatic heterocycles. The lowest BCUT2D eigenvalue weighted by Crippen LogP contribution is -2.14. The van der Waals surface area contributed by atoms with Crippen LogP contribution in [0.1, 0.15) is 27.2 Å². The Bertz CT molecular complexity index is 1400. The zero-order valence-electron chi connectivity index (χ0n) is 17.9. The van der Waals surface area contributed by atoms with Gasteiger partial charge >= 0.3 is 0 Å². The van der Waals surface area contributed by atoms with Gasteiger partial charge in [0.15, 0.2) is 11.4 Å². The number of carbonyl (C=O) groups is 1. The quantitative estimate of drug-likeness (QED) is 0.413. The first-order chi connectivity index (χ1) is 15.6. The van der Waals surface area contributed by atoms with Crippen molar-refractivity contribution in [2.45, 2.75) is 13.3 Å². The molecule has 3 heterocycles. The Hall–Kier alpha value is -4.19. The molecular weight excluding hydrogens is 400 g/mol. The number of benzene rings is 2. The molecule has 0 aliphatic carbocycles. The lowest BCUT2D eigenvalue weighted by atomic mass is 10.0. The van der Waals surface area contributed by atoms with Crippen LogP contribution in [-0.2, 0) is 13.5 Å². The van der Waals surface area contributed by atoms with Crippen LogP contribution in [0, 0.1) is 6.92 Å². The van der Waals surface area contributed by atoms with Crippen LogP contribution in [0.4, 0.5) is 5.69 Å². The van der Waals surface area contributed by atoms with E-state index in [1.165, 1.54) is 5.56 Å². The fourth-order valence-corrected chi connectivity index (χ4v) is 3.98. The second kappa shape index (κ2) is 8.15. The molecule has 0 spiro atoms. The summed E-state index contributed by atoms with van der Waals surface area (Å²) in [7, 11) is 1.82. The number of rotatable bonds is 5. The van der Waals surface area contributed by atoms with Crippen LogP contribution in [0.3, 0.4) is 0 Å². The molecule has 0 bridgehead atoms. The highest BCUT2D eigenvalue weighted by Crippen LogP contribution is 2.28. The molecule has 3 aromatic heterocycles. The van der Waals surface area contributed by atoms with Gasteiger partial charge in [-0.25, -0.2) is 4.98 Å². The van der Waals surface area contributed by atoms with E-state index in [1.54, 1.807) is 23.1 Å². The number of amides is 1. The van der Waals surface area contributed by atoms with E-state index in [2.05, 4.69) is 27.5 Å². The minimum Gasteiger partial charge on any atom is -0.463 e. The summed E-state index contributed by atoms with van der Waals surface area (Å²) in [5.74, 6) is 0.395. The van der Waals surface area contributed by atoms with E-state index in [0.717, 1.165) is 28.8 Å². The number of aromatic nitrogens is 3. The molecule has 0 radical (unpaired) electrons. The van der Waals surface area contributed by atoms with Crippen LogP contribution in [-0.4, -0.2) is 20.7 Å². The summed E-state index contributed by atoms with van der Waals surface area (Å²) in [6, 6.07) is 23.5. The molecule has 0 aliphatic rings. The van der Waals surface area contributed by atoms with Crippen LogP contribution < -0.4 is 5.32 Å².